The molecule has 16 heavy (non-hydrogen) atoms. The normalized spacial score (nSPS) is 17.8. The topological polar surface area (TPSA) is 55.0 Å². The molecule has 0 bridgehead atoms. The Morgan fingerprint density at radius 1 is 1.44 bits per heavy atom. The fourth-order valence-electron chi connectivity index (χ4n) is 2.13. The monoisotopic (exact) mass is 220 g/mol. The van der Waals surface area contributed by atoms with Crippen molar-refractivity contribution >= 4 is 5.69 Å². The van der Waals surface area contributed by atoms with Gasteiger partial charge in [0.25, 0.3) is 0 Å². The second-order valence-corrected chi connectivity index (χ2v) is 4.43. The molecule has 4 heteroatoms. The number of aromatic nitrogens is 2. The van der Waals surface area contributed by atoms with E-state index in [2.05, 4.69) is 28.7 Å². The van der Waals surface area contributed by atoms with Gasteiger partial charge in [-0.15, -0.1) is 0 Å². The fraction of sp³-hybridized carbons (Fsp3) is 0.667. The van der Waals surface area contributed by atoms with E-state index in [1.807, 2.05) is 6.20 Å². The second kappa shape index (κ2) is 4.78. The van der Waals surface area contributed by atoms with Gasteiger partial charge in [0, 0.05) is 25.6 Å². The lowest BCUT2D eigenvalue weighted by Crippen LogP contribution is -2.40. The van der Waals surface area contributed by atoms with Crippen molar-refractivity contribution in [1.29, 1.82) is 0 Å². The van der Waals surface area contributed by atoms with Crippen molar-refractivity contribution in [3.05, 3.63) is 17.7 Å². The van der Waals surface area contributed by atoms with E-state index < -0.39 is 0 Å². The van der Waals surface area contributed by atoms with Crippen molar-refractivity contribution in [2.45, 2.75) is 39.2 Å². The zero-order valence-corrected chi connectivity index (χ0v) is 10.1. The molecule has 1 saturated heterocycles. The van der Waals surface area contributed by atoms with Crippen LogP contribution < -0.4 is 10.6 Å². The van der Waals surface area contributed by atoms with E-state index in [9.17, 15) is 0 Å². The Kier molecular flexibility index (Phi) is 3.39. The van der Waals surface area contributed by atoms with Crippen LogP contribution in [0.15, 0.2) is 6.20 Å². The summed E-state index contributed by atoms with van der Waals surface area (Å²) in [4.78, 5) is 11.2. The van der Waals surface area contributed by atoms with Crippen LogP contribution in [0.25, 0.3) is 0 Å². The van der Waals surface area contributed by atoms with E-state index in [0.29, 0.717) is 6.04 Å². The predicted molar refractivity (Wildman–Crippen MR) is 65.6 cm³/mol. The van der Waals surface area contributed by atoms with E-state index >= 15 is 0 Å². The number of piperidine rings is 1. The Morgan fingerprint density at radius 2 is 2.12 bits per heavy atom. The molecule has 0 saturated carbocycles. The summed E-state index contributed by atoms with van der Waals surface area (Å²) in [5.74, 6) is 0.926. The number of hydrogen-bond donors (Lipinski definition) is 1. The number of anilines is 1. The maximum atomic E-state index is 5.90. The second-order valence-electron chi connectivity index (χ2n) is 4.43. The molecule has 0 unspecified atom stereocenters. The highest BCUT2D eigenvalue weighted by molar-refractivity contribution is 5.48. The van der Waals surface area contributed by atoms with Crippen molar-refractivity contribution in [3.8, 4) is 0 Å². The van der Waals surface area contributed by atoms with Gasteiger partial charge in [-0.25, -0.2) is 9.97 Å². The molecule has 0 spiro atoms. The maximum absolute atomic E-state index is 5.90. The average Bonchev–Trinajstić information content (AvgIpc) is 2.30. The van der Waals surface area contributed by atoms with Crippen LogP contribution in [0.1, 0.15) is 31.3 Å². The van der Waals surface area contributed by atoms with Crippen LogP contribution in [0.2, 0.25) is 0 Å². The minimum absolute atomic E-state index is 0.368. The Bertz CT molecular complexity index is 356. The molecule has 1 aliphatic heterocycles. The van der Waals surface area contributed by atoms with Gasteiger partial charge < -0.3 is 10.6 Å². The van der Waals surface area contributed by atoms with Gasteiger partial charge in [-0.1, -0.05) is 6.92 Å². The van der Waals surface area contributed by atoms with Crippen molar-refractivity contribution < 1.29 is 0 Å². The van der Waals surface area contributed by atoms with Crippen LogP contribution in [0.3, 0.4) is 0 Å². The van der Waals surface area contributed by atoms with Gasteiger partial charge >= 0.3 is 0 Å². The van der Waals surface area contributed by atoms with Crippen LogP contribution >= 0.6 is 0 Å². The first kappa shape index (κ1) is 11.3. The summed E-state index contributed by atoms with van der Waals surface area (Å²) < 4.78 is 0. The third-order valence-electron chi connectivity index (χ3n) is 3.20. The van der Waals surface area contributed by atoms with E-state index in [-0.39, 0.29) is 0 Å². The molecule has 2 heterocycles. The largest absolute Gasteiger partial charge is 0.369 e. The summed E-state index contributed by atoms with van der Waals surface area (Å²) in [6.45, 7) is 6.19. The van der Waals surface area contributed by atoms with Crippen molar-refractivity contribution in [2.24, 2.45) is 5.73 Å². The van der Waals surface area contributed by atoms with E-state index in [1.54, 1.807) is 0 Å². The first-order valence-electron chi connectivity index (χ1n) is 6.03. The number of nitrogens with zero attached hydrogens (tertiary/aromatic N) is 3. The Labute approximate surface area is 96.9 Å². The summed E-state index contributed by atoms with van der Waals surface area (Å²) in [6.07, 6.45) is 4.98. The predicted octanol–water partition coefficient (Wildman–Crippen LogP) is 1.27. The van der Waals surface area contributed by atoms with E-state index in [0.717, 1.165) is 43.9 Å². The number of hydrogen-bond acceptors (Lipinski definition) is 4. The van der Waals surface area contributed by atoms with Gasteiger partial charge in [-0.05, 0) is 19.8 Å². The maximum Gasteiger partial charge on any atom is 0.128 e. The minimum Gasteiger partial charge on any atom is -0.369 e. The smallest absolute Gasteiger partial charge is 0.128 e. The number of rotatable bonds is 2. The highest BCUT2D eigenvalue weighted by atomic mass is 15.2. The molecule has 1 aromatic rings. The summed E-state index contributed by atoms with van der Waals surface area (Å²) in [6, 6.07) is 0.368. The molecule has 4 nitrogen and oxygen atoms in total. The minimum atomic E-state index is 0.368. The Balaban J connectivity index is 2.14. The highest BCUT2D eigenvalue weighted by Gasteiger charge is 2.18. The zero-order chi connectivity index (χ0) is 11.5. The highest BCUT2D eigenvalue weighted by Crippen LogP contribution is 2.21. The van der Waals surface area contributed by atoms with Crippen LogP contribution in [-0.2, 0) is 6.42 Å². The first-order valence-corrected chi connectivity index (χ1v) is 6.03. The summed E-state index contributed by atoms with van der Waals surface area (Å²) in [7, 11) is 0. The van der Waals surface area contributed by atoms with Crippen molar-refractivity contribution in [1.82, 2.24) is 9.97 Å². The summed E-state index contributed by atoms with van der Waals surface area (Å²) in [5, 5.41) is 0. The van der Waals surface area contributed by atoms with Crippen LogP contribution in [0.4, 0.5) is 5.69 Å². The Morgan fingerprint density at radius 3 is 2.69 bits per heavy atom. The third kappa shape index (κ3) is 2.32. The molecule has 1 aliphatic rings. The van der Waals surface area contributed by atoms with E-state index in [1.165, 1.54) is 5.69 Å². The first-order chi connectivity index (χ1) is 7.70. The van der Waals surface area contributed by atoms with Gasteiger partial charge in [-0.3, -0.25) is 0 Å². The molecule has 1 aromatic heterocycles. The molecule has 1 fully saturated rings. The van der Waals surface area contributed by atoms with E-state index in [4.69, 9.17) is 5.73 Å². The zero-order valence-electron chi connectivity index (χ0n) is 10.1. The molecule has 2 rings (SSSR count). The standard InChI is InChI=1S/C12H20N4/c1-3-12-14-8-11(9(2)15-12)16-6-4-10(13)5-7-16/h8,10H,3-7,13H2,1-2H3. The molecule has 88 valence electrons. The lowest BCUT2D eigenvalue weighted by Gasteiger charge is -2.32. The lowest BCUT2D eigenvalue weighted by molar-refractivity contribution is 0.500. The quantitative estimate of drug-likeness (QED) is 0.815. The summed E-state index contributed by atoms with van der Waals surface area (Å²) in [5.41, 5.74) is 8.16. The third-order valence-corrected chi connectivity index (χ3v) is 3.20. The van der Waals surface area contributed by atoms with Crippen LogP contribution in [-0.4, -0.2) is 29.1 Å². The summed E-state index contributed by atoms with van der Waals surface area (Å²) >= 11 is 0. The number of aryl methyl sites for hydroxylation is 2. The van der Waals surface area contributed by atoms with Gasteiger partial charge in [0.05, 0.1) is 17.6 Å². The van der Waals surface area contributed by atoms with Gasteiger partial charge in [0.1, 0.15) is 5.82 Å². The SMILES string of the molecule is CCc1ncc(N2CCC(N)CC2)c(C)n1. The van der Waals surface area contributed by atoms with Gasteiger partial charge in [-0.2, -0.15) is 0 Å². The molecule has 2 N–H and O–H groups in total. The van der Waals surface area contributed by atoms with Crippen molar-refractivity contribution in [2.75, 3.05) is 18.0 Å². The molecule has 0 amide bonds. The molecule has 0 aromatic carbocycles. The molecular weight excluding hydrogens is 200 g/mol. The van der Waals surface area contributed by atoms with Gasteiger partial charge in [0.2, 0.25) is 0 Å². The number of nitrogens with two attached hydrogens (primary N) is 1. The van der Waals surface area contributed by atoms with Crippen molar-refractivity contribution in [3.63, 3.8) is 0 Å². The average molecular weight is 220 g/mol. The fourth-order valence-corrected chi connectivity index (χ4v) is 2.13. The Hall–Kier alpha value is -1.16. The lowest BCUT2D eigenvalue weighted by atomic mass is 10.1. The van der Waals surface area contributed by atoms with Crippen LogP contribution in [0.5, 0.6) is 0 Å². The van der Waals surface area contributed by atoms with Gasteiger partial charge in [0.15, 0.2) is 0 Å². The molecule has 0 atom stereocenters. The molecular formula is C12H20N4. The van der Waals surface area contributed by atoms with Crippen LogP contribution in [0, 0.1) is 6.92 Å². The molecule has 0 radical (unpaired) electrons. The molecule has 0 aliphatic carbocycles.